The minimum absolute atomic E-state index is 0.0214. The third-order valence-corrected chi connectivity index (χ3v) is 16.0. The first-order valence-corrected chi connectivity index (χ1v) is 31.3. The SMILES string of the molecule is CCOP(=S)(OC1=C[C@H](C(C)C)O[C@@H]1CC)O[C@@H](C)Cc1ncc[nH]1.CCOP(OC1=C[C@H](C(C)C)O[C@@H]1CC)O[C@@H](C)Cc1ncc[nH]1.CCOP1O[C@@H](C)Cc2nccn21.C[C@H](O)Cc1ncc[nH]1.ClCCl. The summed E-state index contributed by atoms with van der Waals surface area (Å²) in [6.07, 6.45) is 22.4. The van der Waals surface area contributed by atoms with Crippen LogP contribution in [0.2, 0.25) is 0 Å². The summed E-state index contributed by atoms with van der Waals surface area (Å²) in [6.45, 7) is 25.0. The molecule has 3 aliphatic rings. The van der Waals surface area contributed by atoms with Gasteiger partial charge in [-0.1, -0.05) is 41.5 Å². The average Bonchev–Trinajstić information content (AvgIpc) is 4.21. The molecule has 0 fully saturated rings. The second-order valence-corrected chi connectivity index (χ2v) is 23.9. The fourth-order valence-electron chi connectivity index (χ4n) is 7.06. The minimum Gasteiger partial charge on any atom is -0.429 e. The number of hydrogen-bond acceptors (Lipinski definition) is 16. The highest BCUT2D eigenvalue weighted by molar-refractivity contribution is 8.07. The molecule has 7 rings (SSSR count). The lowest BCUT2D eigenvalue weighted by molar-refractivity contribution is 0.0158. The van der Waals surface area contributed by atoms with Crippen molar-refractivity contribution in [3.63, 3.8) is 0 Å². The molecule has 0 saturated heterocycles. The quantitative estimate of drug-likeness (QED) is 0.0379. The van der Waals surface area contributed by atoms with Crippen LogP contribution in [-0.4, -0.2) is 118 Å². The number of hydrogen-bond donors (Lipinski definition) is 4. The summed E-state index contributed by atoms with van der Waals surface area (Å²) in [4.78, 5) is 25.7. The molecule has 19 nitrogen and oxygen atoms in total. The maximum absolute atomic E-state index is 8.86. The maximum atomic E-state index is 8.86. The molecule has 0 radical (unpaired) electrons. The number of fused-ring (bicyclic) bond motifs is 1. The van der Waals surface area contributed by atoms with Crippen LogP contribution in [0.1, 0.15) is 126 Å². The van der Waals surface area contributed by atoms with Crippen LogP contribution in [0, 0.1) is 11.8 Å². The molecular formula is C49H83Cl2N8O11P3S. The van der Waals surface area contributed by atoms with Gasteiger partial charge in [0.2, 0.25) is 0 Å². The zero-order chi connectivity index (χ0) is 54.6. The Balaban J connectivity index is 0.000000271. The van der Waals surface area contributed by atoms with E-state index in [1.165, 1.54) is 0 Å². The maximum Gasteiger partial charge on any atom is 0.397 e. The van der Waals surface area contributed by atoms with Gasteiger partial charge in [0, 0.05) is 87.1 Å². The number of imidazole rings is 4. The van der Waals surface area contributed by atoms with Crippen molar-refractivity contribution in [3.05, 3.63) is 96.5 Å². The van der Waals surface area contributed by atoms with Crippen LogP contribution >= 0.6 is 47.0 Å². The van der Waals surface area contributed by atoms with E-state index in [1.54, 1.807) is 44.1 Å². The number of aliphatic hydroxyl groups excluding tert-OH is 1. The molecule has 3 aliphatic heterocycles. The predicted molar refractivity (Wildman–Crippen MR) is 297 cm³/mol. The lowest BCUT2D eigenvalue weighted by Crippen LogP contribution is -2.20. The van der Waals surface area contributed by atoms with Crippen molar-refractivity contribution in [2.75, 3.05) is 25.2 Å². The largest absolute Gasteiger partial charge is 0.429 e. The first-order chi connectivity index (χ1) is 35.4. The van der Waals surface area contributed by atoms with Gasteiger partial charge in [0.05, 0.1) is 61.8 Å². The standard InChI is InChI=1S/C17H29N2O4PS.C17H29N2O4P.C8H13N2O2P.C6H10N2O.CH2Cl2/c1-6-14-16(11-15(21-14)12(3)4)23-24(25,20-7-2)22-13(5)10-17-18-8-9-19-17;1-6-14-16(11-15(21-14)12(3)4)23-24(20-7-2)22-13(5)10-17-18-8-9-19-17;1-3-11-13-10-5-4-9-8(10)6-7(2)12-13;1-5(9)4-6-7-2-3-8-6;2-1-3/h8-9,11-15H,6-7,10H2,1-5H3,(H,18,19);8-9,11-15H,6-7,10H2,1-5H3,(H,18,19);4-5,7H,3,6H2,1-2H3;2-3,5,9H,4H2,1H3,(H,7,8);1H2/t2*13-,14+,15+,24?;7-,13?;5-;/m0000./s1. The lowest BCUT2D eigenvalue weighted by Gasteiger charge is -2.27. The van der Waals surface area contributed by atoms with E-state index in [-0.39, 0.29) is 54.2 Å². The Morgan fingerprint density at radius 1 is 0.770 bits per heavy atom. The normalized spacial score (nSPS) is 22.4. The molecule has 11 atom stereocenters. The molecule has 0 bridgehead atoms. The van der Waals surface area contributed by atoms with E-state index < -0.39 is 23.8 Å². The Morgan fingerprint density at radius 3 is 1.77 bits per heavy atom. The van der Waals surface area contributed by atoms with Gasteiger partial charge in [0.1, 0.15) is 47.0 Å². The van der Waals surface area contributed by atoms with E-state index in [0.29, 0.717) is 50.9 Å². The molecule has 0 spiro atoms. The van der Waals surface area contributed by atoms with Gasteiger partial charge in [-0.15, -0.1) is 23.2 Å². The van der Waals surface area contributed by atoms with Gasteiger partial charge in [-0.3, -0.25) is 17.9 Å². The first kappa shape index (κ1) is 65.9. The van der Waals surface area contributed by atoms with Crippen LogP contribution in [0.3, 0.4) is 0 Å². The van der Waals surface area contributed by atoms with Gasteiger partial charge < -0.3 is 52.2 Å². The number of rotatable bonds is 24. The fraction of sp³-hybridized carbons (Fsp3) is 0.673. The topological polar surface area (TPSA) is 216 Å². The van der Waals surface area contributed by atoms with Gasteiger partial charge in [-0.25, -0.2) is 19.9 Å². The van der Waals surface area contributed by atoms with Crippen molar-refractivity contribution in [1.29, 1.82) is 0 Å². The van der Waals surface area contributed by atoms with Crippen LogP contribution in [0.5, 0.6) is 0 Å². The van der Waals surface area contributed by atoms with Gasteiger partial charge in [-0.05, 0) is 85.3 Å². The second kappa shape index (κ2) is 35.9. The summed E-state index contributed by atoms with van der Waals surface area (Å²) < 4.78 is 60.8. The van der Waals surface area contributed by atoms with E-state index in [4.69, 9.17) is 85.8 Å². The summed E-state index contributed by atoms with van der Waals surface area (Å²) in [6, 6.07) is 0. The monoisotopic (exact) mass is 1150 g/mol. The predicted octanol–water partition coefficient (Wildman–Crippen LogP) is 12.4. The number of aromatic amines is 3. The van der Waals surface area contributed by atoms with Crippen LogP contribution < -0.4 is 0 Å². The molecule has 420 valence electrons. The van der Waals surface area contributed by atoms with E-state index in [1.807, 2.05) is 64.3 Å². The second-order valence-electron chi connectivity index (χ2n) is 17.8. The smallest absolute Gasteiger partial charge is 0.397 e. The van der Waals surface area contributed by atoms with E-state index in [0.717, 1.165) is 54.1 Å². The van der Waals surface area contributed by atoms with Gasteiger partial charge in [-0.2, -0.15) is 0 Å². The van der Waals surface area contributed by atoms with E-state index in [9.17, 15) is 0 Å². The van der Waals surface area contributed by atoms with Crippen molar-refractivity contribution in [3.8, 4) is 0 Å². The van der Waals surface area contributed by atoms with Crippen molar-refractivity contribution in [2.24, 2.45) is 11.8 Å². The molecule has 4 N–H and O–H groups in total. The molecule has 74 heavy (non-hydrogen) atoms. The van der Waals surface area contributed by atoms with Crippen molar-refractivity contribution < 1.29 is 50.8 Å². The number of nitrogens with one attached hydrogen (secondary N) is 3. The van der Waals surface area contributed by atoms with Gasteiger partial charge in [0.15, 0.2) is 0 Å². The molecule has 0 aliphatic carbocycles. The Labute approximate surface area is 457 Å². The van der Waals surface area contributed by atoms with Crippen molar-refractivity contribution in [2.45, 2.75) is 177 Å². The summed E-state index contributed by atoms with van der Waals surface area (Å²) in [5.41, 5.74) is 0. The van der Waals surface area contributed by atoms with Crippen LogP contribution in [-0.2, 0) is 83.2 Å². The summed E-state index contributed by atoms with van der Waals surface area (Å²) in [7, 11) is -2.39. The number of nitrogens with zero attached hydrogens (tertiary/aromatic N) is 5. The molecule has 0 amide bonds. The number of aromatic nitrogens is 8. The average molecular weight is 1160 g/mol. The fourth-order valence-corrected chi connectivity index (χ4v) is 12.0. The number of halogens is 2. The number of aliphatic hydroxyl groups is 1. The van der Waals surface area contributed by atoms with Crippen molar-refractivity contribution >= 4 is 58.9 Å². The first-order valence-electron chi connectivity index (χ1n) is 25.4. The van der Waals surface area contributed by atoms with Crippen LogP contribution in [0.4, 0.5) is 0 Å². The summed E-state index contributed by atoms with van der Waals surface area (Å²) in [5.74, 6) is 6.01. The molecule has 4 aromatic heterocycles. The summed E-state index contributed by atoms with van der Waals surface area (Å²) >= 11 is 15.2. The van der Waals surface area contributed by atoms with Crippen LogP contribution in [0.15, 0.2) is 73.2 Å². The molecule has 0 saturated carbocycles. The highest BCUT2D eigenvalue weighted by atomic mass is 35.5. The Bertz CT molecular complexity index is 2160. The number of ether oxygens (including phenoxy) is 2. The molecule has 0 aromatic carbocycles. The highest BCUT2D eigenvalue weighted by Crippen LogP contribution is 2.55. The van der Waals surface area contributed by atoms with Gasteiger partial charge in [0.25, 0.3) is 8.53 Å². The Morgan fingerprint density at radius 2 is 1.30 bits per heavy atom. The third-order valence-electron chi connectivity index (χ3n) is 10.5. The Hall–Kier alpha value is -2.35. The molecule has 4 aromatic rings. The van der Waals surface area contributed by atoms with E-state index >= 15 is 0 Å². The highest BCUT2D eigenvalue weighted by Gasteiger charge is 2.36. The number of alkyl halides is 2. The number of H-pyrrole nitrogens is 3. The zero-order valence-electron chi connectivity index (χ0n) is 45.4. The minimum atomic E-state index is -2.91. The Kier molecular flexibility index (Phi) is 32.0. The molecule has 7 heterocycles. The van der Waals surface area contributed by atoms with Crippen LogP contribution in [0.25, 0.3) is 0 Å². The zero-order valence-corrected chi connectivity index (χ0v) is 50.4. The third kappa shape index (κ3) is 24.1. The lowest BCUT2D eigenvalue weighted by atomic mass is 10.1. The van der Waals surface area contributed by atoms with Gasteiger partial charge >= 0.3 is 15.3 Å². The molecule has 25 heteroatoms. The van der Waals surface area contributed by atoms with Crippen molar-refractivity contribution in [1.82, 2.24) is 39.2 Å². The molecule has 3 unspecified atom stereocenters. The molecular weight excluding hydrogens is 1070 g/mol. The summed E-state index contributed by atoms with van der Waals surface area (Å²) in [5, 5.41) is 9.06. The van der Waals surface area contributed by atoms with E-state index in [2.05, 4.69) is 82.5 Å².